The standard InChI is InChI=1S/C14H10F3N5O/c15-10-5-9(23-14(16)17)2-1-8(10)6-20-13-11-12(21-7-22-13)19-4-3-18-11/h1-5,7,14H,6H2,(H,19,20,21,22). The monoisotopic (exact) mass is 321 g/mol. The van der Waals surface area contributed by atoms with E-state index in [1.165, 1.54) is 30.9 Å². The van der Waals surface area contributed by atoms with Crippen molar-refractivity contribution in [1.82, 2.24) is 19.9 Å². The van der Waals surface area contributed by atoms with E-state index in [1.807, 2.05) is 0 Å². The van der Waals surface area contributed by atoms with Gasteiger partial charge in [-0.1, -0.05) is 6.07 Å². The van der Waals surface area contributed by atoms with Crippen LogP contribution in [0.4, 0.5) is 19.0 Å². The summed E-state index contributed by atoms with van der Waals surface area (Å²) in [6.07, 6.45) is 4.31. The van der Waals surface area contributed by atoms with E-state index >= 15 is 0 Å². The topological polar surface area (TPSA) is 72.8 Å². The Labute approximate surface area is 128 Å². The van der Waals surface area contributed by atoms with Crippen LogP contribution in [0.2, 0.25) is 0 Å². The summed E-state index contributed by atoms with van der Waals surface area (Å²) in [6, 6.07) is 3.53. The van der Waals surface area contributed by atoms with Gasteiger partial charge in [-0.2, -0.15) is 8.78 Å². The molecule has 0 aliphatic rings. The number of aromatic nitrogens is 4. The molecule has 6 nitrogen and oxygen atoms in total. The Balaban J connectivity index is 1.77. The second kappa shape index (κ2) is 6.42. The molecule has 0 saturated carbocycles. The maximum Gasteiger partial charge on any atom is 0.387 e. The number of rotatable bonds is 5. The van der Waals surface area contributed by atoms with Crippen molar-refractivity contribution in [3.8, 4) is 5.75 Å². The second-order valence-corrected chi connectivity index (χ2v) is 4.44. The van der Waals surface area contributed by atoms with Crippen LogP contribution < -0.4 is 10.1 Å². The molecule has 3 rings (SSSR count). The van der Waals surface area contributed by atoms with Crippen LogP contribution in [-0.4, -0.2) is 26.5 Å². The molecule has 0 bridgehead atoms. The number of hydrogen-bond acceptors (Lipinski definition) is 6. The van der Waals surface area contributed by atoms with Crippen molar-refractivity contribution in [2.45, 2.75) is 13.2 Å². The molecule has 2 aromatic heterocycles. The number of ether oxygens (including phenoxy) is 1. The van der Waals surface area contributed by atoms with Crippen LogP contribution in [-0.2, 0) is 6.54 Å². The van der Waals surface area contributed by atoms with Crippen LogP contribution in [0, 0.1) is 5.82 Å². The summed E-state index contributed by atoms with van der Waals surface area (Å²) in [7, 11) is 0. The summed E-state index contributed by atoms with van der Waals surface area (Å²) in [5.74, 6) is -0.505. The van der Waals surface area contributed by atoms with Gasteiger partial charge in [0, 0.05) is 30.6 Å². The summed E-state index contributed by atoms with van der Waals surface area (Å²) < 4.78 is 42.2. The number of alkyl halides is 2. The first-order valence-corrected chi connectivity index (χ1v) is 6.52. The first kappa shape index (κ1) is 14.9. The maximum absolute atomic E-state index is 13.9. The zero-order valence-corrected chi connectivity index (χ0v) is 11.6. The molecule has 0 aliphatic heterocycles. The van der Waals surface area contributed by atoms with Gasteiger partial charge in [0.2, 0.25) is 0 Å². The van der Waals surface area contributed by atoms with E-state index in [0.29, 0.717) is 17.0 Å². The smallest absolute Gasteiger partial charge is 0.387 e. The Bertz CT molecular complexity index is 825. The van der Waals surface area contributed by atoms with E-state index in [-0.39, 0.29) is 17.9 Å². The van der Waals surface area contributed by atoms with Crippen molar-refractivity contribution in [3.63, 3.8) is 0 Å². The Hall–Kier alpha value is -2.97. The molecular weight excluding hydrogens is 311 g/mol. The minimum absolute atomic E-state index is 0.0868. The summed E-state index contributed by atoms with van der Waals surface area (Å²) in [5, 5.41) is 2.92. The number of anilines is 1. The van der Waals surface area contributed by atoms with E-state index in [4.69, 9.17) is 0 Å². The van der Waals surface area contributed by atoms with Crippen LogP contribution in [0.3, 0.4) is 0 Å². The Morgan fingerprint density at radius 3 is 2.70 bits per heavy atom. The molecule has 0 aliphatic carbocycles. The summed E-state index contributed by atoms with van der Waals surface area (Å²) in [4.78, 5) is 16.2. The fourth-order valence-electron chi connectivity index (χ4n) is 1.95. The quantitative estimate of drug-likeness (QED) is 0.779. The lowest BCUT2D eigenvalue weighted by Crippen LogP contribution is -2.06. The molecule has 3 aromatic rings. The molecule has 1 N–H and O–H groups in total. The average Bonchev–Trinajstić information content (AvgIpc) is 2.53. The maximum atomic E-state index is 13.9. The Kier molecular flexibility index (Phi) is 4.18. The van der Waals surface area contributed by atoms with Gasteiger partial charge in [-0.3, -0.25) is 0 Å². The minimum Gasteiger partial charge on any atom is -0.435 e. The number of hydrogen-bond donors (Lipinski definition) is 1. The first-order valence-electron chi connectivity index (χ1n) is 6.52. The molecule has 118 valence electrons. The van der Waals surface area contributed by atoms with Gasteiger partial charge in [0.15, 0.2) is 11.5 Å². The molecule has 0 unspecified atom stereocenters. The molecular formula is C14H10F3N5O. The fraction of sp³-hybridized carbons (Fsp3) is 0.143. The lowest BCUT2D eigenvalue weighted by Gasteiger charge is -2.09. The molecule has 0 amide bonds. The highest BCUT2D eigenvalue weighted by Crippen LogP contribution is 2.20. The first-order chi connectivity index (χ1) is 11.1. The SMILES string of the molecule is Fc1cc(OC(F)F)ccc1CNc1ncnc2nccnc12. The summed E-state index contributed by atoms with van der Waals surface area (Å²) >= 11 is 0. The number of fused-ring (bicyclic) bond motifs is 1. The molecule has 2 heterocycles. The van der Waals surface area contributed by atoms with Crippen LogP contribution in [0.25, 0.3) is 11.2 Å². The second-order valence-electron chi connectivity index (χ2n) is 4.44. The van der Waals surface area contributed by atoms with Gasteiger partial charge in [0.05, 0.1) is 0 Å². The van der Waals surface area contributed by atoms with E-state index in [0.717, 1.165) is 6.07 Å². The molecule has 0 fully saturated rings. The summed E-state index contributed by atoms with van der Waals surface area (Å²) in [6.45, 7) is -2.91. The van der Waals surface area contributed by atoms with E-state index in [1.54, 1.807) is 0 Å². The van der Waals surface area contributed by atoms with Crippen LogP contribution in [0.5, 0.6) is 5.75 Å². The number of nitrogens with zero attached hydrogens (tertiary/aromatic N) is 4. The molecule has 0 radical (unpaired) electrons. The summed E-state index contributed by atoms with van der Waals surface area (Å²) in [5.41, 5.74) is 1.13. The number of halogens is 3. The highest BCUT2D eigenvalue weighted by molar-refractivity contribution is 5.81. The predicted molar refractivity (Wildman–Crippen MR) is 75.5 cm³/mol. The molecule has 1 aromatic carbocycles. The highest BCUT2D eigenvalue weighted by Gasteiger charge is 2.10. The fourth-order valence-corrected chi connectivity index (χ4v) is 1.95. The van der Waals surface area contributed by atoms with E-state index in [9.17, 15) is 13.2 Å². The van der Waals surface area contributed by atoms with Gasteiger partial charge < -0.3 is 10.1 Å². The van der Waals surface area contributed by atoms with Gasteiger partial charge >= 0.3 is 6.61 Å². The van der Waals surface area contributed by atoms with Gasteiger partial charge in [0.25, 0.3) is 0 Å². The lowest BCUT2D eigenvalue weighted by molar-refractivity contribution is -0.0500. The van der Waals surface area contributed by atoms with Gasteiger partial charge in [0.1, 0.15) is 23.4 Å². The van der Waals surface area contributed by atoms with E-state index in [2.05, 4.69) is 30.0 Å². The van der Waals surface area contributed by atoms with Crippen molar-refractivity contribution in [1.29, 1.82) is 0 Å². The Morgan fingerprint density at radius 2 is 1.91 bits per heavy atom. The van der Waals surface area contributed by atoms with Crippen LogP contribution >= 0.6 is 0 Å². The highest BCUT2D eigenvalue weighted by atomic mass is 19.3. The normalized spacial score (nSPS) is 11.0. The number of benzene rings is 1. The van der Waals surface area contributed by atoms with Gasteiger partial charge in [-0.15, -0.1) is 0 Å². The van der Waals surface area contributed by atoms with Gasteiger partial charge in [-0.05, 0) is 6.07 Å². The minimum atomic E-state index is -3.00. The van der Waals surface area contributed by atoms with Crippen molar-refractivity contribution in [2.75, 3.05) is 5.32 Å². The third-order valence-electron chi connectivity index (χ3n) is 2.97. The lowest BCUT2D eigenvalue weighted by atomic mass is 10.2. The molecule has 0 spiro atoms. The third-order valence-corrected chi connectivity index (χ3v) is 2.97. The van der Waals surface area contributed by atoms with Gasteiger partial charge in [-0.25, -0.2) is 24.3 Å². The van der Waals surface area contributed by atoms with Crippen molar-refractivity contribution in [3.05, 3.63) is 48.3 Å². The van der Waals surface area contributed by atoms with Crippen LogP contribution in [0.15, 0.2) is 36.9 Å². The van der Waals surface area contributed by atoms with Crippen molar-refractivity contribution >= 4 is 17.0 Å². The molecule has 0 atom stereocenters. The molecule has 9 heteroatoms. The van der Waals surface area contributed by atoms with Crippen LogP contribution in [0.1, 0.15) is 5.56 Å². The average molecular weight is 321 g/mol. The zero-order valence-electron chi connectivity index (χ0n) is 11.6. The zero-order chi connectivity index (χ0) is 16.2. The predicted octanol–water partition coefficient (Wildman–Crippen LogP) is 2.77. The number of nitrogens with one attached hydrogen (secondary N) is 1. The Morgan fingerprint density at radius 1 is 1.09 bits per heavy atom. The third kappa shape index (κ3) is 3.44. The molecule has 23 heavy (non-hydrogen) atoms. The van der Waals surface area contributed by atoms with E-state index < -0.39 is 12.4 Å². The van der Waals surface area contributed by atoms with Crippen molar-refractivity contribution in [2.24, 2.45) is 0 Å². The van der Waals surface area contributed by atoms with Crippen molar-refractivity contribution < 1.29 is 17.9 Å². The largest absolute Gasteiger partial charge is 0.435 e. The molecule has 0 saturated heterocycles.